The van der Waals surface area contributed by atoms with Gasteiger partial charge in [-0.25, -0.2) is 0 Å². The van der Waals surface area contributed by atoms with Crippen LogP contribution in [-0.2, 0) is 9.47 Å². The summed E-state index contributed by atoms with van der Waals surface area (Å²) in [5, 5.41) is 20.7. The molecule has 0 unspecified atom stereocenters. The van der Waals surface area contributed by atoms with Gasteiger partial charge in [0.2, 0.25) is 0 Å². The first-order valence-corrected chi connectivity index (χ1v) is 12.4. The number of hydrogen-bond acceptors (Lipinski definition) is 4. The van der Waals surface area contributed by atoms with Crippen LogP contribution in [0.4, 0.5) is 0 Å². The SMILES string of the molecule is C[C@]12CC[C@H]3[C@@H](CC[C@@]4(O)C[C@H](/C=C\CCC#N)CC[C@]34C)[C@@H]1CCC21OCCO1. The van der Waals surface area contributed by atoms with E-state index in [1.54, 1.807) is 0 Å². The summed E-state index contributed by atoms with van der Waals surface area (Å²) in [4.78, 5) is 0. The molecule has 5 rings (SSSR count). The van der Waals surface area contributed by atoms with Gasteiger partial charge in [0.05, 0.1) is 24.9 Å². The van der Waals surface area contributed by atoms with Gasteiger partial charge in [-0.3, -0.25) is 0 Å². The number of ether oxygens (including phenoxy) is 2. The number of hydrogen-bond donors (Lipinski definition) is 1. The third-order valence-electron chi connectivity index (χ3n) is 10.5. The van der Waals surface area contributed by atoms with Crippen LogP contribution in [0.1, 0.15) is 84.5 Å². The minimum atomic E-state index is -0.541. The van der Waals surface area contributed by atoms with E-state index in [4.69, 9.17) is 14.7 Å². The van der Waals surface area contributed by atoms with E-state index >= 15 is 0 Å². The zero-order valence-electron chi connectivity index (χ0n) is 18.9. The highest BCUT2D eigenvalue weighted by atomic mass is 16.7. The highest BCUT2D eigenvalue weighted by molar-refractivity contribution is 5.17. The molecule has 4 aliphatic carbocycles. The first-order valence-electron chi connectivity index (χ1n) is 12.4. The predicted octanol–water partition coefficient (Wildman–Crippen LogP) is 5.36. The van der Waals surface area contributed by atoms with Crippen LogP contribution in [0.15, 0.2) is 12.2 Å². The fourth-order valence-corrected chi connectivity index (χ4v) is 8.78. The molecule has 1 N–H and O–H groups in total. The number of aliphatic hydroxyl groups is 1. The van der Waals surface area contributed by atoms with Crippen molar-refractivity contribution in [2.24, 2.45) is 34.5 Å². The molecule has 4 heteroatoms. The molecule has 0 bridgehead atoms. The molecule has 1 aliphatic heterocycles. The first-order chi connectivity index (χ1) is 14.4. The third kappa shape index (κ3) is 2.81. The minimum Gasteiger partial charge on any atom is -0.389 e. The van der Waals surface area contributed by atoms with Crippen molar-refractivity contribution in [1.82, 2.24) is 0 Å². The van der Waals surface area contributed by atoms with Crippen molar-refractivity contribution in [1.29, 1.82) is 5.26 Å². The number of nitriles is 1. The Morgan fingerprint density at radius 1 is 0.967 bits per heavy atom. The lowest BCUT2D eigenvalue weighted by molar-refractivity contribution is -0.260. The van der Waals surface area contributed by atoms with Gasteiger partial charge in [0.25, 0.3) is 0 Å². The van der Waals surface area contributed by atoms with Crippen LogP contribution in [0.5, 0.6) is 0 Å². The van der Waals surface area contributed by atoms with Crippen LogP contribution in [0.3, 0.4) is 0 Å². The maximum Gasteiger partial charge on any atom is 0.174 e. The molecule has 1 heterocycles. The summed E-state index contributed by atoms with van der Waals surface area (Å²) in [5.74, 6) is 2.11. The molecule has 1 spiro atoms. The Morgan fingerprint density at radius 2 is 1.67 bits per heavy atom. The first kappa shape index (κ1) is 21.0. The average Bonchev–Trinajstić information content (AvgIpc) is 3.32. The van der Waals surface area contributed by atoms with Crippen LogP contribution in [0.25, 0.3) is 0 Å². The molecule has 0 aromatic heterocycles. The molecular weight excluding hydrogens is 374 g/mol. The van der Waals surface area contributed by atoms with Crippen LogP contribution in [0, 0.1) is 45.8 Å². The number of allylic oxidation sites excluding steroid dienone is 2. The third-order valence-corrected chi connectivity index (χ3v) is 10.5. The lowest BCUT2D eigenvalue weighted by atomic mass is 9.43. The summed E-state index contributed by atoms with van der Waals surface area (Å²) in [5.41, 5.74) is -0.375. The summed E-state index contributed by atoms with van der Waals surface area (Å²) < 4.78 is 12.5. The van der Waals surface area contributed by atoms with Crippen LogP contribution in [0.2, 0.25) is 0 Å². The summed E-state index contributed by atoms with van der Waals surface area (Å²) in [7, 11) is 0. The van der Waals surface area contributed by atoms with E-state index in [9.17, 15) is 5.11 Å². The van der Waals surface area contributed by atoms with Gasteiger partial charge in [-0.05, 0) is 86.9 Å². The molecule has 0 aromatic rings. The van der Waals surface area contributed by atoms with Crippen molar-refractivity contribution in [3.63, 3.8) is 0 Å². The van der Waals surface area contributed by atoms with E-state index in [0.717, 1.165) is 51.7 Å². The van der Waals surface area contributed by atoms with Gasteiger partial charge in [0.15, 0.2) is 5.79 Å². The summed E-state index contributed by atoms with van der Waals surface area (Å²) in [6, 6.07) is 2.22. The van der Waals surface area contributed by atoms with Crippen LogP contribution < -0.4 is 0 Å². The molecule has 30 heavy (non-hydrogen) atoms. The summed E-state index contributed by atoms with van der Waals surface area (Å²) in [6.07, 6.45) is 15.8. The summed E-state index contributed by atoms with van der Waals surface area (Å²) in [6.45, 7) is 6.35. The molecule has 4 saturated carbocycles. The Balaban J connectivity index is 1.35. The Hall–Kier alpha value is -0.890. The molecule has 7 atom stereocenters. The monoisotopic (exact) mass is 413 g/mol. The largest absolute Gasteiger partial charge is 0.389 e. The number of fused-ring (bicyclic) bond motifs is 6. The zero-order valence-corrected chi connectivity index (χ0v) is 18.9. The predicted molar refractivity (Wildman–Crippen MR) is 115 cm³/mol. The van der Waals surface area contributed by atoms with Crippen molar-refractivity contribution < 1.29 is 14.6 Å². The maximum atomic E-state index is 11.9. The van der Waals surface area contributed by atoms with Crippen molar-refractivity contribution in [2.75, 3.05) is 13.2 Å². The zero-order chi connectivity index (χ0) is 21.0. The van der Waals surface area contributed by atoms with E-state index < -0.39 is 5.60 Å². The fraction of sp³-hybridized carbons (Fsp3) is 0.885. The molecule has 166 valence electrons. The second-order valence-corrected chi connectivity index (χ2v) is 11.4. The normalized spacial score (nSPS) is 49.5. The molecule has 5 fully saturated rings. The Bertz CT molecular complexity index is 737. The number of rotatable bonds is 3. The molecule has 0 radical (unpaired) electrons. The van der Waals surface area contributed by atoms with Gasteiger partial charge >= 0.3 is 0 Å². The van der Waals surface area contributed by atoms with Gasteiger partial charge < -0.3 is 14.6 Å². The molecule has 5 aliphatic rings. The molecule has 0 aromatic carbocycles. The Kier molecular flexibility index (Phi) is 5.12. The maximum absolute atomic E-state index is 11.9. The topological polar surface area (TPSA) is 62.5 Å². The van der Waals surface area contributed by atoms with Crippen molar-refractivity contribution in [3.05, 3.63) is 12.2 Å². The van der Waals surface area contributed by atoms with Gasteiger partial charge in [0, 0.05) is 18.3 Å². The van der Waals surface area contributed by atoms with Crippen LogP contribution in [-0.4, -0.2) is 29.7 Å². The second kappa shape index (κ2) is 7.32. The highest BCUT2D eigenvalue weighted by Crippen LogP contribution is 2.70. The molecule has 0 amide bonds. The fourth-order valence-electron chi connectivity index (χ4n) is 8.78. The van der Waals surface area contributed by atoms with E-state index in [1.807, 2.05) is 0 Å². The molecule has 1 saturated heterocycles. The van der Waals surface area contributed by atoms with Crippen molar-refractivity contribution in [3.8, 4) is 6.07 Å². The lowest BCUT2D eigenvalue weighted by Crippen LogP contribution is -2.63. The molecular formula is C26H39NO3. The van der Waals surface area contributed by atoms with Crippen molar-refractivity contribution in [2.45, 2.75) is 95.9 Å². The Morgan fingerprint density at radius 3 is 2.43 bits per heavy atom. The summed E-state index contributed by atoms with van der Waals surface area (Å²) >= 11 is 0. The highest BCUT2D eigenvalue weighted by Gasteiger charge is 2.69. The Labute approximate surface area is 182 Å². The average molecular weight is 414 g/mol. The van der Waals surface area contributed by atoms with Crippen molar-refractivity contribution >= 4 is 0 Å². The van der Waals surface area contributed by atoms with Gasteiger partial charge in [-0.1, -0.05) is 26.0 Å². The van der Waals surface area contributed by atoms with E-state index in [2.05, 4.69) is 32.1 Å². The van der Waals surface area contributed by atoms with E-state index in [0.29, 0.717) is 30.1 Å². The number of unbranched alkanes of at least 4 members (excludes halogenated alkanes) is 1. The van der Waals surface area contributed by atoms with E-state index in [-0.39, 0.29) is 16.6 Å². The lowest BCUT2D eigenvalue weighted by Gasteiger charge is -2.64. The second-order valence-electron chi connectivity index (χ2n) is 11.4. The quantitative estimate of drug-likeness (QED) is 0.499. The molecule has 4 nitrogen and oxygen atoms in total. The van der Waals surface area contributed by atoms with Gasteiger partial charge in [0.1, 0.15) is 0 Å². The minimum absolute atomic E-state index is 0.0292. The number of nitrogens with zero attached hydrogens (tertiary/aromatic N) is 1. The smallest absolute Gasteiger partial charge is 0.174 e. The van der Waals surface area contributed by atoms with Crippen LogP contribution >= 0.6 is 0 Å². The van der Waals surface area contributed by atoms with Gasteiger partial charge in [-0.2, -0.15) is 5.26 Å². The van der Waals surface area contributed by atoms with E-state index in [1.165, 1.54) is 25.7 Å². The van der Waals surface area contributed by atoms with Gasteiger partial charge in [-0.15, -0.1) is 0 Å². The standard InChI is InChI=1S/C26H39NO3/c1-23-11-7-19(6-4-3-5-15-27)18-25(23,28)13-8-20-21(23)9-12-24(2)22(20)10-14-26(24)29-16-17-30-26/h4,6,19-22,28H,3,5,7-14,16-18H2,1-2H3/b6-4-/t19-,20-,21+,22+,23-,24+,25-/m1/s1.